The molecule has 7 heteroatoms. The largest absolute Gasteiger partial charge is 0.491 e. The molecule has 0 saturated carbocycles. The van der Waals surface area contributed by atoms with Crippen LogP contribution in [0.2, 0.25) is 0 Å². The Morgan fingerprint density at radius 3 is 2.07 bits per heavy atom. The molecule has 0 aliphatic carbocycles. The summed E-state index contributed by atoms with van der Waals surface area (Å²) in [6.07, 6.45) is 0. The number of hydrogen-bond donors (Lipinski definition) is 1. The molecule has 0 spiro atoms. The monoisotopic (exact) mass is 427 g/mol. The van der Waals surface area contributed by atoms with Crippen molar-refractivity contribution in [3.8, 4) is 11.5 Å². The van der Waals surface area contributed by atoms with Gasteiger partial charge in [-0.05, 0) is 47.5 Å². The molecule has 0 fully saturated rings. The van der Waals surface area contributed by atoms with Crippen LogP contribution in [0.5, 0.6) is 11.5 Å². The average molecular weight is 428 g/mol. The number of methoxy groups -OCH3 is 1. The minimum absolute atomic E-state index is 0.169. The van der Waals surface area contributed by atoms with Crippen molar-refractivity contribution in [2.24, 2.45) is 0 Å². The molecule has 6 nitrogen and oxygen atoms in total. The van der Waals surface area contributed by atoms with Crippen molar-refractivity contribution in [3.63, 3.8) is 0 Å². The zero-order chi connectivity index (χ0) is 21.2. The predicted molar refractivity (Wildman–Crippen MR) is 115 cm³/mol. The van der Waals surface area contributed by atoms with Crippen molar-refractivity contribution in [2.75, 3.05) is 20.3 Å². The zero-order valence-corrected chi connectivity index (χ0v) is 17.6. The van der Waals surface area contributed by atoms with Gasteiger partial charge in [0, 0.05) is 13.7 Å². The van der Waals surface area contributed by atoms with Crippen LogP contribution in [0.15, 0.2) is 83.8 Å². The number of para-hydroxylation sites is 1. The van der Waals surface area contributed by atoms with E-state index in [1.165, 1.54) is 12.1 Å². The van der Waals surface area contributed by atoms with E-state index in [0.29, 0.717) is 25.6 Å². The second-order valence-corrected chi connectivity index (χ2v) is 8.27. The lowest BCUT2D eigenvalue weighted by Gasteiger charge is -2.13. The molecule has 0 atom stereocenters. The summed E-state index contributed by atoms with van der Waals surface area (Å²) in [7, 11) is -2.06. The minimum Gasteiger partial charge on any atom is -0.491 e. The van der Waals surface area contributed by atoms with E-state index in [1.54, 1.807) is 19.2 Å². The topological polar surface area (TPSA) is 73.9 Å². The first-order valence-electron chi connectivity index (χ1n) is 9.54. The number of hydrogen-bond acceptors (Lipinski definition) is 5. The maximum Gasteiger partial charge on any atom is 0.240 e. The third-order valence-electron chi connectivity index (χ3n) is 4.40. The lowest BCUT2D eigenvalue weighted by Crippen LogP contribution is -2.24. The normalized spacial score (nSPS) is 11.2. The highest BCUT2D eigenvalue weighted by Crippen LogP contribution is 2.18. The van der Waals surface area contributed by atoms with E-state index in [1.807, 2.05) is 54.6 Å². The van der Waals surface area contributed by atoms with Crippen LogP contribution < -0.4 is 14.2 Å². The van der Waals surface area contributed by atoms with Crippen LogP contribution in [-0.4, -0.2) is 28.7 Å². The highest BCUT2D eigenvalue weighted by molar-refractivity contribution is 7.89. The van der Waals surface area contributed by atoms with Crippen molar-refractivity contribution < 1.29 is 22.6 Å². The van der Waals surface area contributed by atoms with Crippen molar-refractivity contribution in [1.29, 1.82) is 0 Å². The first-order valence-corrected chi connectivity index (χ1v) is 11.0. The van der Waals surface area contributed by atoms with Gasteiger partial charge in [0.05, 0.1) is 11.5 Å². The Kier molecular flexibility index (Phi) is 7.84. The molecule has 3 aromatic carbocycles. The van der Waals surface area contributed by atoms with Crippen LogP contribution in [0.3, 0.4) is 0 Å². The van der Waals surface area contributed by atoms with Gasteiger partial charge in [0.25, 0.3) is 0 Å². The first-order chi connectivity index (χ1) is 14.6. The van der Waals surface area contributed by atoms with Crippen LogP contribution in [0.1, 0.15) is 11.1 Å². The summed E-state index contributed by atoms with van der Waals surface area (Å²) >= 11 is 0. The highest BCUT2D eigenvalue weighted by atomic mass is 32.2. The molecule has 0 amide bonds. The molecule has 0 heterocycles. The van der Waals surface area contributed by atoms with Crippen LogP contribution >= 0.6 is 0 Å². The van der Waals surface area contributed by atoms with Crippen molar-refractivity contribution >= 4 is 10.0 Å². The van der Waals surface area contributed by atoms with Gasteiger partial charge >= 0.3 is 0 Å². The van der Waals surface area contributed by atoms with E-state index < -0.39 is 10.0 Å². The first kappa shape index (κ1) is 21.8. The van der Waals surface area contributed by atoms with E-state index in [-0.39, 0.29) is 11.4 Å². The molecule has 0 bridgehead atoms. The molecule has 0 aromatic heterocycles. The molecule has 158 valence electrons. The summed E-state index contributed by atoms with van der Waals surface area (Å²) in [5, 5.41) is 0. The van der Waals surface area contributed by atoms with Crippen molar-refractivity contribution in [1.82, 2.24) is 4.72 Å². The SMILES string of the molecule is COCCOc1ccc(S(=O)(=O)NCc2ccccc2COc2ccccc2)cc1. The Balaban J connectivity index is 1.61. The number of nitrogens with one attached hydrogen (secondary N) is 1. The highest BCUT2D eigenvalue weighted by Gasteiger charge is 2.15. The van der Waals surface area contributed by atoms with Crippen LogP contribution in [-0.2, 0) is 27.9 Å². The van der Waals surface area contributed by atoms with Gasteiger partial charge in [-0.15, -0.1) is 0 Å². The van der Waals surface area contributed by atoms with E-state index in [2.05, 4.69) is 4.72 Å². The van der Waals surface area contributed by atoms with Gasteiger partial charge in [0.15, 0.2) is 0 Å². The number of sulfonamides is 1. The lowest BCUT2D eigenvalue weighted by molar-refractivity contribution is 0.146. The Hall–Kier alpha value is -2.87. The molecule has 1 N–H and O–H groups in total. The molecule has 0 aliphatic rings. The maximum absolute atomic E-state index is 12.7. The molecular weight excluding hydrogens is 402 g/mol. The van der Waals surface area contributed by atoms with Gasteiger partial charge in [-0.3, -0.25) is 0 Å². The fraction of sp³-hybridized carbons (Fsp3) is 0.217. The van der Waals surface area contributed by atoms with Gasteiger partial charge in [-0.25, -0.2) is 13.1 Å². The second-order valence-electron chi connectivity index (χ2n) is 6.51. The standard InChI is InChI=1S/C23H25NO5S/c1-27-15-16-28-22-11-13-23(14-12-22)30(25,26)24-17-19-7-5-6-8-20(19)18-29-21-9-3-2-4-10-21/h2-14,24H,15-18H2,1H3. The van der Waals surface area contributed by atoms with Gasteiger partial charge < -0.3 is 14.2 Å². The van der Waals surface area contributed by atoms with E-state index in [0.717, 1.165) is 16.9 Å². The number of rotatable bonds is 11. The summed E-state index contributed by atoms with van der Waals surface area (Å²) in [5.74, 6) is 1.36. The predicted octanol–water partition coefficient (Wildman–Crippen LogP) is 3.77. The van der Waals surface area contributed by atoms with Crippen LogP contribution in [0.25, 0.3) is 0 Å². The van der Waals surface area contributed by atoms with Crippen molar-refractivity contribution in [2.45, 2.75) is 18.0 Å². The van der Waals surface area contributed by atoms with Gasteiger partial charge in [-0.1, -0.05) is 42.5 Å². The van der Waals surface area contributed by atoms with Crippen molar-refractivity contribution in [3.05, 3.63) is 90.0 Å². The van der Waals surface area contributed by atoms with E-state index in [4.69, 9.17) is 14.2 Å². The Morgan fingerprint density at radius 2 is 1.37 bits per heavy atom. The van der Waals surface area contributed by atoms with E-state index in [9.17, 15) is 8.42 Å². The summed E-state index contributed by atoms with van der Waals surface area (Å²) in [5.41, 5.74) is 1.78. The average Bonchev–Trinajstić information content (AvgIpc) is 2.78. The Bertz CT molecular complexity index is 1020. The van der Waals surface area contributed by atoms with Gasteiger partial charge in [0.2, 0.25) is 10.0 Å². The van der Waals surface area contributed by atoms with Gasteiger partial charge in [0.1, 0.15) is 24.7 Å². The Morgan fingerprint density at radius 1 is 0.733 bits per heavy atom. The quantitative estimate of drug-likeness (QED) is 0.472. The number of ether oxygens (including phenoxy) is 3. The molecule has 0 unspecified atom stereocenters. The third-order valence-corrected chi connectivity index (χ3v) is 5.82. The fourth-order valence-corrected chi connectivity index (χ4v) is 3.77. The summed E-state index contributed by atoms with van der Waals surface area (Å²) in [6.45, 7) is 1.40. The van der Waals surface area contributed by atoms with Crippen LogP contribution in [0.4, 0.5) is 0 Å². The zero-order valence-electron chi connectivity index (χ0n) is 16.8. The molecule has 3 aromatic rings. The minimum atomic E-state index is -3.66. The van der Waals surface area contributed by atoms with Crippen LogP contribution in [0, 0.1) is 0 Å². The molecule has 30 heavy (non-hydrogen) atoms. The van der Waals surface area contributed by atoms with E-state index >= 15 is 0 Å². The lowest BCUT2D eigenvalue weighted by atomic mass is 10.1. The molecule has 0 saturated heterocycles. The molecule has 0 radical (unpaired) electrons. The molecule has 3 rings (SSSR count). The number of benzene rings is 3. The fourth-order valence-electron chi connectivity index (χ4n) is 2.76. The second kappa shape index (κ2) is 10.8. The third kappa shape index (κ3) is 6.32. The summed E-state index contributed by atoms with van der Waals surface area (Å²) < 4.78 is 44.2. The van der Waals surface area contributed by atoms with Gasteiger partial charge in [-0.2, -0.15) is 0 Å². The molecular formula is C23H25NO5S. The Labute approximate surface area is 177 Å². The summed E-state index contributed by atoms with van der Waals surface area (Å²) in [6, 6.07) is 23.4. The summed E-state index contributed by atoms with van der Waals surface area (Å²) in [4.78, 5) is 0.180. The maximum atomic E-state index is 12.7. The smallest absolute Gasteiger partial charge is 0.240 e. The molecule has 0 aliphatic heterocycles.